The summed E-state index contributed by atoms with van der Waals surface area (Å²) in [6, 6.07) is -0.0155. The van der Waals surface area contributed by atoms with E-state index < -0.39 is 0 Å². The Morgan fingerprint density at radius 3 is 1.77 bits per heavy atom. The third-order valence-corrected chi connectivity index (χ3v) is 3.69. The molecule has 0 fully saturated rings. The number of anilines is 2. The van der Waals surface area contributed by atoms with E-state index in [0.29, 0.717) is 17.7 Å². The number of nitrogen functional groups attached to an aromatic ring is 1. The van der Waals surface area contributed by atoms with Gasteiger partial charge in [-0.25, -0.2) is 4.98 Å². The maximum atomic E-state index is 5.97. The molecular weight excluding hydrogens is 322 g/mol. The fraction of sp³-hybridized carbons (Fsp3) is 0.0952. The van der Waals surface area contributed by atoms with Crippen molar-refractivity contribution in [2.75, 3.05) is 11.1 Å². The van der Waals surface area contributed by atoms with Crippen LogP contribution >= 0.6 is 0 Å². The van der Waals surface area contributed by atoms with E-state index in [1.807, 2.05) is 97.2 Å². The van der Waals surface area contributed by atoms with E-state index in [2.05, 4.69) is 20.3 Å². The first-order valence-electron chi connectivity index (χ1n) is 8.51. The summed E-state index contributed by atoms with van der Waals surface area (Å²) in [4.78, 5) is 12.0. The molecule has 3 rings (SSSR count). The lowest BCUT2D eigenvalue weighted by molar-refractivity contribution is -0.352. The highest BCUT2D eigenvalue weighted by molar-refractivity contribution is 5.34. The summed E-state index contributed by atoms with van der Waals surface area (Å²) in [5, 5.41) is 3.33. The summed E-state index contributed by atoms with van der Waals surface area (Å²) < 4.78 is 0. The number of nitrogens with two attached hydrogens (primary N) is 1. The zero-order valence-corrected chi connectivity index (χ0v) is 14.4. The lowest BCUT2D eigenvalue weighted by Crippen LogP contribution is -2.27. The van der Waals surface area contributed by atoms with Crippen LogP contribution in [0.1, 0.15) is 11.7 Å². The monoisotopic (exact) mass is 344 g/mol. The molecule has 0 saturated carbocycles. The number of H-pyrrole nitrogens is 1. The van der Waals surface area contributed by atoms with E-state index in [1.54, 1.807) is 0 Å². The molecule has 0 radical (unpaired) electrons. The Balaban J connectivity index is 1.85. The SMILES string of the molecule is Nc1nc(C2C=CC=CC=CC=C2)nc(NC2C=CC=CC=CC=C2)[nH+]1. The molecule has 5 nitrogen and oxygen atoms in total. The minimum Gasteiger partial charge on any atom is -0.320 e. The highest BCUT2D eigenvalue weighted by Crippen LogP contribution is 2.17. The van der Waals surface area contributed by atoms with Gasteiger partial charge in [0.2, 0.25) is 5.82 Å². The van der Waals surface area contributed by atoms with E-state index in [-0.39, 0.29) is 12.0 Å². The number of allylic oxidation sites excluding steroid dienone is 14. The van der Waals surface area contributed by atoms with Crippen molar-refractivity contribution in [2.24, 2.45) is 0 Å². The zero-order chi connectivity index (χ0) is 18.0. The number of hydrogen-bond donors (Lipinski definition) is 2. The van der Waals surface area contributed by atoms with Crippen LogP contribution in [0, 0.1) is 0 Å². The Labute approximate surface area is 153 Å². The van der Waals surface area contributed by atoms with E-state index in [4.69, 9.17) is 5.73 Å². The number of nitrogens with zero attached hydrogens (tertiary/aromatic N) is 2. The Morgan fingerprint density at radius 1 is 0.692 bits per heavy atom. The second-order valence-corrected chi connectivity index (χ2v) is 5.72. The topological polar surface area (TPSA) is 78.0 Å². The van der Waals surface area contributed by atoms with Crippen LogP contribution in [0.15, 0.2) is 97.2 Å². The Kier molecular flexibility index (Phi) is 6.09. The first-order chi connectivity index (χ1) is 12.8. The molecule has 0 atom stereocenters. The molecule has 0 amide bonds. The second kappa shape index (κ2) is 9.13. The largest absolute Gasteiger partial charge is 0.321 e. The first-order valence-corrected chi connectivity index (χ1v) is 8.51. The third kappa shape index (κ3) is 5.27. The van der Waals surface area contributed by atoms with Crippen LogP contribution in [0.3, 0.4) is 0 Å². The number of rotatable bonds is 3. The van der Waals surface area contributed by atoms with Gasteiger partial charge in [-0.1, -0.05) is 85.1 Å². The minimum atomic E-state index is -0.0580. The third-order valence-electron chi connectivity index (χ3n) is 3.69. The number of nitrogens with one attached hydrogen (secondary N) is 2. The molecule has 130 valence electrons. The summed E-state index contributed by atoms with van der Waals surface area (Å²) in [5.41, 5.74) is 5.97. The fourth-order valence-corrected chi connectivity index (χ4v) is 2.46. The Morgan fingerprint density at radius 2 is 1.19 bits per heavy atom. The van der Waals surface area contributed by atoms with Gasteiger partial charge in [0.25, 0.3) is 0 Å². The molecule has 1 aromatic heterocycles. The standard InChI is InChI=1S/C21H21N5/c22-20-24-19(17-13-9-5-1-2-6-10-14-17)25-21(26-20)23-18-15-11-7-3-4-8-12-16-18/h1-18H,(H3,22,23,24,25,26)/p+1. The molecule has 2 aliphatic carbocycles. The van der Waals surface area contributed by atoms with Crippen molar-refractivity contribution in [3.05, 3.63) is 103 Å². The van der Waals surface area contributed by atoms with Gasteiger partial charge in [0.15, 0.2) is 0 Å². The molecule has 0 spiro atoms. The molecular formula is C21H22N5+. The van der Waals surface area contributed by atoms with Gasteiger partial charge in [-0.05, 0) is 12.2 Å². The molecule has 0 bridgehead atoms. The van der Waals surface area contributed by atoms with Gasteiger partial charge in [0.05, 0.1) is 12.0 Å². The van der Waals surface area contributed by atoms with Crippen molar-refractivity contribution >= 4 is 11.9 Å². The van der Waals surface area contributed by atoms with Crippen molar-refractivity contribution in [2.45, 2.75) is 12.0 Å². The Bertz CT molecular complexity index is 809. The average molecular weight is 344 g/mol. The molecule has 0 unspecified atom stereocenters. The highest BCUT2D eigenvalue weighted by Gasteiger charge is 2.18. The van der Waals surface area contributed by atoms with E-state index in [9.17, 15) is 0 Å². The van der Waals surface area contributed by atoms with Crippen molar-refractivity contribution in [1.29, 1.82) is 0 Å². The van der Waals surface area contributed by atoms with Crippen LogP contribution in [0.5, 0.6) is 0 Å². The van der Waals surface area contributed by atoms with Crippen LogP contribution in [-0.2, 0) is 0 Å². The molecule has 1 aromatic rings. The lowest BCUT2D eigenvalue weighted by atomic mass is 10.1. The van der Waals surface area contributed by atoms with Gasteiger partial charge in [-0.2, -0.15) is 0 Å². The molecule has 4 N–H and O–H groups in total. The van der Waals surface area contributed by atoms with Gasteiger partial charge in [0, 0.05) is 0 Å². The maximum absolute atomic E-state index is 5.97. The van der Waals surface area contributed by atoms with Gasteiger partial charge < -0.3 is 5.73 Å². The van der Waals surface area contributed by atoms with E-state index in [1.165, 1.54) is 0 Å². The quantitative estimate of drug-likeness (QED) is 0.882. The lowest BCUT2D eigenvalue weighted by Gasteiger charge is -2.09. The Hall–Kier alpha value is -3.47. The van der Waals surface area contributed by atoms with E-state index >= 15 is 0 Å². The zero-order valence-electron chi connectivity index (χ0n) is 14.4. The molecule has 0 aliphatic heterocycles. The second-order valence-electron chi connectivity index (χ2n) is 5.72. The predicted octanol–water partition coefficient (Wildman–Crippen LogP) is 3.21. The normalized spacial score (nSPS) is 21.5. The summed E-state index contributed by atoms with van der Waals surface area (Å²) >= 11 is 0. The predicted molar refractivity (Wildman–Crippen MR) is 106 cm³/mol. The van der Waals surface area contributed by atoms with Gasteiger partial charge in [0.1, 0.15) is 0 Å². The molecule has 2 aliphatic rings. The van der Waals surface area contributed by atoms with Crippen molar-refractivity contribution < 1.29 is 4.98 Å². The number of aromatic nitrogens is 3. The van der Waals surface area contributed by atoms with Crippen molar-refractivity contribution in [1.82, 2.24) is 9.97 Å². The summed E-state index contributed by atoms with van der Waals surface area (Å²) in [5.74, 6) is 1.47. The number of aromatic amines is 1. The molecule has 26 heavy (non-hydrogen) atoms. The summed E-state index contributed by atoms with van der Waals surface area (Å²) in [6.45, 7) is 0. The summed E-state index contributed by atoms with van der Waals surface area (Å²) in [7, 11) is 0. The number of hydrogen-bond acceptors (Lipinski definition) is 4. The van der Waals surface area contributed by atoms with E-state index in [0.717, 1.165) is 0 Å². The molecule has 0 aromatic carbocycles. The van der Waals surface area contributed by atoms with Gasteiger partial charge >= 0.3 is 11.9 Å². The molecule has 1 heterocycles. The van der Waals surface area contributed by atoms with Gasteiger partial charge in [-0.3, -0.25) is 5.32 Å². The first kappa shape index (κ1) is 17.4. The maximum Gasteiger partial charge on any atom is 0.321 e. The van der Waals surface area contributed by atoms with Crippen molar-refractivity contribution in [3.63, 3.8) is 0 Å². The summed E-state index contributed by atoms with van der Waals surface area (Å²) in [6.07, 6.45) is 31.9. The van der Waals surface area contributed by atoms with Crippen LogP contribution < -0.4 is 16.0 Å². The van der Waals surface area contributed by atoms with Gasteiger partial charge in [-0.15, -0.1) is 9.97 Å². The molecule has 5 heteroatoms. The molecule has 0 saturated heterocycles. The highest BCUT2D eigenvalue weighted by atomic mass is 15.2. The van der Waals surface area contributed by atoms with Crippen molar-refractivity contribution in [3.8, 4) is 0 Å². The average Bonchev–Trinajstić information content (AvgIpc) is 2.84. The minimum absolute atomic E-state index is 0.0155. The fourth-order valence-electron chi connectivity index (χ4n) is 2.46. The smallest absolute Gasteiger partial charge is 0.320 e. The van der Waals surface area contributed by atoms with Crippen LogP contribution in [0.2, 0.25) is 0 Å². The van der Waals surface area contributed by atoms with Crippen LogP contribution in [-0.4, -0.2) is 16.0 Å². The van der Waals surface area contributed by atoms with Crippen LogP contribution in [0.4, 0.5) is 11.9 Å². The van der Waals surface area contributed by atoms with Crippen LogP contribution in [0.25, 0.3) is 0 Å².